The Balaban J connectivity index is 2.25. The van der Waals surface area contributed by atoms with Crippen LogP contribution in [-0.4, -0.2) is 38.2 Å². The average molecular weight is 250 g/mol. The van der Waals surface area contributed by atoms with Crippen molar-refractivity contribution in [3.05, 3.63) is 29.8 Å². The fraction of sp³-hybridized carbons (Fsp3) is 0.600. The van der Waals surface area contributed by atoms with Crippen LogP contribution in [0.25, 0.3) is 0 Å². The number of ether oxygens (including phenoxy) is 1. The first-order valence-electron chi connectivity index (χ1n) is 6.86. The van der Waals surface area contributed by atoms with E-state index < -0.39 is 0 Å². The molecule has 0 bridgehead atoms. The van der Waals surface area contributed by atoms with Crippen molar-refractivity contribution in [2.75, 3.05) is 33.3 Å². The highest BCUT2D eigenvalue weighted by atomic mass is 16.5. The molecular weight excluding hydrogens is 224 g/mol. The van der Waals surface area contributed by atoms with Gasteiger partial charge in [-0.3, -0.25) is 0 Å². The van der Waals surface area contributed by atoms with Gasteiger partial charge in [-0.25, -0.2) is 0 Å². The molecule has 0 fully saturated rings. The Hall–Kier alpha value is -1.06. The smallest absolute Gasteiger partial charge is 0.119 e. The molecule has 0 amide bonds. The molecule has 0 saturated heterocycles. The number of benzene rings is 1. The van der Waals surface area contributed by atoms with Gasteiger partial charge in [0.1, 0.15) is 5.75 Å². The van der Waals surface area contributed by atoms with Crippen molar-refractivity contribution >= 4 is 0 Å². The van der Waals surface area contributed by atoms with Gasteiger partial charge in [0.05, 0.1) is 6.61 Å². The molecule has 0 unspecified atom stereocenters. The number of hydrogen-bond acceptors (Lipinski definition) is 3. The van der Waals surface area contributed by atoms with Gasteiger partial charge in [-0.05, 0) is 64.0 Å². The topological polar surface area (TPSA) is 38.5 Å². The summed E-state index contributed by atoms with van der Waals surface area (Å²) in [5.41, 5.74) is 6.85. The predicted molar refractivity (Wildman–Crippen MR) is 77.1 cm³/mol. The Bertz CT molecular complexity index is 311. The zero-order valence-electron chi connectivity index (χ0n) is 11.7. The van der Waals surface area contributed by atoms with E-state index in [0.29, 0.717) is 0 Å². The Morgan fingerprint density at radius 1 is 1.11 bits per heavy atom. The lowest BCUT2D eigenvalue weighted by atomic mass is 10.1. The molecule has 1 rings (SSSR count). The van der Waals surface area contributed by atoms with Crippen LogP contribution in [0.15, 0.2) is 24.3 Å². The largest absolute Gasteiger partial charge is 0.494 e. The van der Waals surface area contributed by atoms with E-state index in [2.05, 4.69) is 24.1 Å². The van der Waals surface area contributed by atoms with E-state index in [0.717, 1.165) is 44.8 Å². The molecule has 3 heteroatoms. The molecular formula is C15H26N2O. The lowest BCUT2D eigenvalue weighted by molar-refractivity contribution is 0.330. The van der Waals surface area contributed by atoms with Crippen molar-refractivity contribution < 1.29 is 4.74 Å². The highest BCUT2D eigenvalue weighted by molar-refractivity contribution is 5.27. The Labute approximate surface area is 111 Å². The van der Waals surface area contributed by atoms with Gasteiger partial charge in [0, 0.05) is 6.54 Å². The van der Waals surface area contributed by atoms with E-state index >= 15 is 0 Å². The summed E-state index contributed by atoms with van der Waals surface area (Å²) in [6, 6.07) is 8.40. The van der Waals surface area contributed by atoms with Gasteiger partial charge in [0.2, 0.25) is 0 Å². The number of rotatable bonds is 9. The lowest BCUT2D eigenvalue weighted by Gasteiger charge is -2.16. The molecule has 0 aromatic heterocycles. The van der Waals surface area contributed by atoms with Crippen molar-refractivity contribution in [3.8, 4) is 5.75 Å². The van der Waals surface area contributed by atoms with Gasteiger partial charge in [0.15, 0.2) is 0 Å². The van der Waals surface area contributed by atoms with Gasteiger partial charge in [-0.15, -0.1) is 0 Å². The maximum absolute atomic E-state index is 5.49. The minimum atomic E-state index is 0.725. The monoisotopic (exact) mass is 250 g/mol. The molecule has 0 radical (unpaired) electrons. The summed E-state index contributed by atoms with van der Waals surface area (Å²) in [4.78, 5) is 2.37. The molecule has 1 aromatic rings. The SMILES string of the molecule is CCOc1ccc(CCN(C)CCCCN)cc1. The van der Waals surface area contributed by atoms with Crippen LogP contribution >= 0.6 is 0 Å². The van der Waals surface area contributed by atoms with Gasteiger partial charge < -0.3 is 15.4 Å². The van der Waals surface area contributed by atoms with Crippen LogP contribution in [0.3, 0.4) is 0 Å². The molecule has 2 N–H and O–H groups in total. The Morgan fingerprint density at radius 3 is 2.44 bits per heavy atom. The fourth-order valence-electron chi connectivity index (χ4n) is 1.88. The summed E-state index contributed by atoms with van der Waals surface area (Å²) in [5, 5.41) is 0. The third kappa shape index (κ3) is 6.03. The highest BCUT2D eigenvalue weighted by Crippen LogP contribution is 2.12. The van der Waals surface area contributed by atoms with Crippen molar-refractivity contribution in [1.29, 1.82) is 0 Å². The average Bonchev–Trinajstić information content (AvgIpc) is 2.39. The first-order chi connectivity index (χ1) is 8.76. The molecule has 0 atom stereocenters. The molecule has 102 valence electrons. The molecule has 0 heterocycles. The van der Waals surface area contributed by atoms with Gasteiger partial charge in [-0.2, -0.15) is 0 Å². The van der Waals surface area contributed by atoms with Crippen LogP contribution < -0.4 is 10.5 Å². The van der Waals surface area contributed by atoms with Crippen molar-refractivity contribution in [2.24, 2.45) is 5.73 Å². The zero-order valence-corrected chi connectivity index (χ0v) is 11.7. The lowest BCUT2D eigenvalue weighted by Crippen LogP contribution is -2.23. The van der Waals surface area contributed by atoms with E-state index in [4.69, 9.17) is 10.5 Å². The van der Waals surface area contributed by atoms with Crippen LogP contribution in [0.2, 0.25) is 0 Å². The normalized spacial score (nSPS) is 10.9. The molecule has 0 aliphatic carbocycles. The van der Waals surface area contributed by atoms with Gasteiger partial charge in [-0.1, -0.05) is 12.1 Å². The van der Waals surface area contributed by atoms with E-state index in [1.807, 2.05) is 19.1 Å². The van der Waals surface area contributed by atoms with Crippen molar-refractivity contribution in [1.82, 2.24) is 4.90 Å². The van der Waals surface area contributed by atoms with Gasteiger partial charge in [0.25, 0.3) is 0 Å². The van der Waals surface area contributed by atoms with E-state index in [1.54, 1.807) is 0 Å². The highest BCUT2D eigenvalue weighted by Gasteiger charge is 2.00. The molecule has 0 saturated carbocycles. The Kier molecular flexibility index (Phi) is 7.46. The maximum Gasteiger partial charge on any atom is 0.119 e. The standard InChI is InChI=1S/C15H26N2O/c1-3-18-15-8-6-14(7-9-15)10-13-17(2)12-5-4-11-16/h6-9H,3-5,10-13,16H2,1-2H3. The number of nitrogens with two attached hydrogens (primary N) is 1. The zero-order chi connectivity index (χ0) is 13.2. The van der Waals surface area contributed by atoms with E-state index in [1.165, 1.54) is 12.0 Å². The number of nitrogens with zero attached hydrogens (tertiary/aromatic N) is 1. The first kappa shape index (κ1) is 15.0. The second kappa shape index (κ2) is 8.95. The fourth-order valence-corrected chi connectivity index (χ4v) is 1.88. The summed E-state index contributed by atoms with van der Waals surface area (Å²) in [5.74, 6) is 0.956. The summed E-state index contributed by atoms with van der Waals surface area (Å²) < 4.78 is 5.43. The van der Waals surface area contributed by atoms with Gasteiger partial charge >= 0.3 is 0 Å². The summed E-state index contributed by atoms with van der Waals surface area (Å²) in [6.45, 7) is 5.76. The van der Waals surface area contributed by atoms with Crippen LogP contribution in [0.5, 0.6) is 5.75 Å². The molecule has 3 nitrogen and oxygen atoms in total. The number of unbranched alkanes of at least 4 members (excludes halogenated alkanes) is 1. The van der Waals surface area contributed by atoms with E-state index in [9.17, 15) is 0 Å². The summed E-state index contributed by atoms with van der Waals surface area (Å²) >= 11 is 0. The first-order valence-corrected chi connectivity index (χ1v) is 6.86. The van der Waals surface area contributed by atoms with Crippen molar-refractivity contribution in [2.45, 2.75) is 26.2 Å². The minimum Gasteiger partial charge on any atom is -0.494 e. The van der Waals surface area contributed by atoms with Crippen LogP contribution in [0.4, 0.5) is 0 Å². The third-order valence-corrected chi connectivity index (χ3v) is 3.01. The summed E-state index contributed by atoms with van der Waals surface area (Å²) in [6.07, 6.45) is 3.40. The number of hydrogen-bond donors (Lipinski definition) is 1. The second-order valence-corrected chi connectivity index (χ2v) is 4.63. The third-order valence-electron chi connectivity index (χ3n) is 3.01. The Morgan fingerprint density at radius 2 is 1.83 bits per heavy atom. The van der Waals surface area contributed by atoms with Crippen molar-refractivity contribution in [3.63, 3.8) is 0 Å². The summed E-state index contributed by atoms with van der Waals surface area (Å²) in [7, 11) is 2.17. The van der Waals surface area contributed by atoms with E-state index in [-0.39, 0.29) is 0 Å². The van der Waals surface area contributed by atoms with Crippen LogP contribution in [0.1, 0.15) is 25.3 Å². The molecule has 0 aliphatic rings. The van der Waals surface area contributed by atoms with Crippen LogP contribution in [-0.2, 0) is 6.42 Å². The molecule has 1 aromatic carbocycles. The maximum atomic E-state index is 5.49. The molecule has 0 aliphatic heterocycles. The predicted octanol–water partition coefficient (Wildman–Crippen LogP) is 2.30. The minimum absolute atomic E-state index is 0.725. The second-order valence-electron chi connectivity index (χ2n) is 4.63. The quantitative estimate of drug-likeness (QED) is 0.683. The van der Waals surface area contributed by atoms with Crippen LogP contribution in [0, 0.1) is 0 Å². The molecule has 18 heavy (non-hydrogen) atoms. The number of likely N-dealkylation sites (N-methyl/N-ethyl adjacent to an activating group) is 1. The molecule has 0 spiro atoms.